The molecule has 1 aromatic heterocycles. The fourth-order valence-electron chi connectivity index (χ4n) is 2.49. The van der Waals surface area contributed by atoms with E-state index in [9.17, 15) is 14.4 Å². The number of benzene rings is 1. The summed E-state index contributed by atoms with van der Waals surface area (Å²) in [5.41, 5.74) is 1.78. The van der Waals surface area contributed by atoms with Crippen LogP contribution in [0.1, 0.15) is 13.3 Å². The van der Waals surface area contributed by atoms with Crippen LogP contribution in [0.25, 0.3) is 11.1 Å². The van der Waals surface area contributed by atoms with Crippen molar-refractivity contribution in [2.45, 2.75) is 13.3 Å². The smallest absolute Gasteiger partial charge is 0.408 e. The summed E-state index contributed by atoms with van der Waals surface area (Å²) in [5, 5.41) is 0.0679. The number of aromatic nitrogens is 1. The summed E-state index contributed by atoms with van der Waals surface area (Å²) in [4.78, 5) is 38.5. The molecular weight excluding hydrogens is 292 g/mol. The van der Waals surface area contributed by atoms with Crippen molar-refractivity contribution in [3.63, 3.8) is 0 Å². The molecule has 0 radical (unpaired) electrons. The SMILES string of the molecule is CC(=O)SCC1CC(=O)N(c2ccc3oc(=O)[nH]c3c2)C1. The molecule has 0 spiro atoms. The number of anilines is 1. The molecule has 1 aliphatic heterocycles. The third-order valence-electron chi connectivity index (χ3n) is 3.44. The number of rotatable bonds is 3. The van der Waals surface area contributed by atoms with E-state index in [1.807, 2.05) is 0 Å². The minimum atomic E-state index is -0.509. The van der Waals surface area contributed by atoms with Gasteiger partial charge in [-0.15, -0.1) is 0 Å². The molecule has 110 valence electrons. The predicted molar refractivity (Wildman–Crippen MR) is 80.4 cm³/mol. The van der Waals surface area contributed by atoms with Crippen LogP contribution in [0, 0.1) is 5.92 Å². The second kappa shape index (κ2) is 5.40. The summed E-state index contributed by atoms with van der Waals surface area (Å²) in [6.45, 7) is 2.12. The van der Waals surface area contributed by atoms with Crippen LogP contribution < -0.4 is 10.7 Å². The molecule has 21 heavy (non-hydrogen) atoms. The Morgan fingerprint density at radius 2 is 2.29 bits per heavy atom. The van der Waals surface area contributed by atoms with Crippen LogP contribution in [-0.2, 0) is 9.59 Å². The Morgan fingerprint density at radius 1 is 1.48 bits per heavy atom. The van der Waals surface area contributed by atoms with Crippen LogP contribution in [0.3, 0.4) is 0 Å². The van der Waals surface area contributed by atoms with Crippen LogP contribution >= 0.6 is 11.8 Å². The van der Waals surface area contributed by atoms with Crippen molar-refractivity contribution in [1.82, 2.24) is 4.98 Å². The molecule has 2 heterocycles. The van der Waals surface area contributed by atoms with Crippen LogP contribution in [0.2, 0.25) is 0 Å². The van der Waals surface area contributed by atoms with E-state index >= 15 is 0 Å². The highest BCUT2D eigenvalue weighted by Crippen LogP contribution is 2.29. The van der Waals surface area contributed by atoms with Crippen molar-refractivity contribution in [3.05, 3.63) is 28.7 Å². The number of fused-ring (bicyclic) bond motifs is 1. The van der Waals surface area contributed by atoms with E-state index < -0.39 is 5.76 Å². The van der Waals surface area contributed by atoms with Crippen molar-refractivity contribution in [2.75, 3.05) is 17.2 Å². The third kappa shape index (κ3) is 2.87. The second-order valence-corrected chi connectivity index (χ2v) is 6.27. The number of carbonyl (C=O) groups excluding carboxylic acids is 2. The lowest BCUT2D eigenvalue weighted by Gasteiger charge is -2.16. The highest BCUT2D eigenvalue weighted by molar-refractivity contribution is 8.13. The highest BCUT2D eigenvalue weighted by atomic mass is 32.2. The summed E-state index contributed by atoms with van der Waals surface area (Å²) in [6.07, 6.45) is 0.445. The molecule has 1 fully saturated rings. The van der Waals surface area contributed by atoms with Gasteiger partial charge in [0.2, 0.25) is 5.91 Å². The summed E-state index contributed by atoms with van der Waals surface area (Å²) in [6, 6.07) is 5.17. The maximum absolute atomic E-state index is 12.1. The van der Waals surface area contributed by atoms with E-state index in [2.05, 4.69) is 4.98 Å². The number of carbonyl (C=O) groups is 2. The first-order chi connectivity index (χ1) is 10.0. The number of hydrogen-bond donors (Lipinski definition) is 1. The molecule has 7 heteroatoms. The quantitative estimate of drug-likeness (QED) is 0.934. The second-order valence-electron chi connectivity index (χ2n) is 5.07. The summed E-state index contributed by atoms with van der Waals surface area (Å²) in [5.74, 6) is 0.355. The van der Waals surface area contributed by atoms with Gasteiger partial charge in [-0.2, -0.15) is 0 Å². The van der Waals surface area contributed by atoms with Gasteiger partial charge >= 0.3 is 5.76 Å². The minimum absolute atomic E-state index is 0.0364. The first-order valence-electron chi connectivity index (χ1n) is 6.59. The van der Waals surface area contributed by atoms with Crippen molar-refractivity contribution in [1.29, 1.82) is 0 Å². The molecule has 1 N–H and O–H groups in total. The number of nitrogens with zero attached hydrogens (tertiary/aromatic N) is 1. The zero-order chi connectivity index (χ0) is 15.0. The van der Waals surface area contributed by atoms with E-state index in [4.69, 9.17) is 4.42 Å². The third-order valence-corrected chi connectivity index (χ3v) is 4.49. The molecule has 1 saturated heterocycles. The number of nitrogens with one attached hydrogen (secondary N) is 1. The molecule has 1 aliphatic rings. The van der Waals surface area contributed by atoms with E-state index in [1.165, 1.54) is 18.7 Å². The van der Waals surface area contributed by atoms with Gasteiger partial charge in [0, 0.05) is 31.3 Å². The molecule has 1 unspecified atom stereocenters. The molecule has 1 atom stereocenters. The van der Waals surface area contributed by atoms with E-state index in [1.54, 1.807) is 23.1 Å². The highest BCUT2D eigenvalue weighted by Gasteiger charge is 2.31. The monoisotopic (exact) mass is 306 g/mol. The van der Waals surface area contributed by atoms with Gasteiger partial charge in [-0.05, 0) is 24.1 Å². The molecule has 6 nitrogen and oxygen atoms in total. The Morgan fingerprint density at radius 3 is 3.05 bits per heavy atom. The lowest BCUT2D eigenvalue weighted by Crippen LogP contribution is -2.24. The predicted octanol–water partition coefficient (Wildman–Crippen LogP) is 1.75. The molecule has 3 rings (SSSR count). The fraction of sp³-hybridized carbons (Fsp3) is 0.357. The first-order valence-corrected chi connectivity index (χ1v) is 7.58. The zero-order valence-electron chi connectivity index (χ0n) is 11.4. The van der Waals surface area contributed by atoms with Crippen molar-refractivity contribution in [3.8, 4) is 0 Å². The summed E-state index contributed by atoms with van der Waals surface area (Å²) in [7, 11) is 0. The van der Waals surface area contributed by atoms with Crippen LogP contribution in [0.15, 0.2) is 27.4 Å². The average molecular weight is 306 g/mol. The van der Waals surface area contributed by atoms with Gasteiger partial charge in [-0.1, -0.05) is 11.8 Å². The van der Waals surface area contributed by atoms with Crippen LogP contribution in [0.4, 0.5) is 5.69 Å². The van der Waals surface area contributed by atoms with E-state index in [0.29, 0.717) is 29.8 Å². The Hall–Kier alpha value is -2.02. The topological polar surface area (TPSA) is 83.4 Å². The van der Waals surface area contributed by atoms with Gasteiger partial charge in [-0.3, -0.25) is 14.6 Å². The lowest BCUT2D eigenvalue weighted by atomic mass is 10.1. The number of aromatic amines is 1. The summed E-state index contributed by atoms with van der Waals surface area (Å²) >= 11 is 1.25. The maximum Gasteiger partial charge on any atom is 0.417 e. The molecule has 1 aromatic carbocycles. The Labute approximate surface area is 124 Å². The molecule has 2 aromatic rings. The molecule has 0 saturated carbocycles. The first kappa shape index (κ1) is 13.9. The van der Waals surface area contributed by atoms with Crippen molar-refractivity contribution >= 4 is 39.6 Å². The molecule has 0 aliphatic carbocycles. The fourth-order valence-corrected chi connectivity index (χ4v) is 3.18. The maximum atomic E-state index is 12.1. The van der Waals surface area contributed by atoms with Gasteiger partial charge in [0.25, 0.3) is 0 Å². The zero-order valence-corrected chi connectivity index (χ0v) is 12.2. The van der Waals surface area contributed by atoms with Crippen LogP contribution in [0.5, 0.6) is 0 Å². The number of hydrogen-bond acceptors (Lipinski definition) is 5. The van der Waals surface area contributed by atoms with Gasteiger partial charge in [0.05, 0.1) is 5.52 Å². The molecule has 1 amide bonds. The van der Waals surface area contributed by atoms with Gasteiger partial charge in [0.15, 0.2) is 10.7 Å². The lowest BCUT2D eigenvalue weighted by molar-refractivity contribution is -0.117. The number of oxazole rings is 1. The van der Waals surface area contributed by atoms with Gasteiger partial charge in [-0.25, -0.2) is 4.79 Å². The molecular formula is C14H14N2O4S. The Bertz CT molecular complexity index is 764. The Balaban J connectivity index is 1.80. The minimum Gasteiger partial charge on any atom is -0.408 e. The van der Waals surface area contributed by atoms with Crippen molar-refractivity contribution < 1.29 is 14.0 Å². The van der Waals surface area contributed by atoms with E-state index in [-0.39, 0.29) is 16.9 Å². The van der Waals surface area contributed by atoms with Crippen LogP contribution in [-0.4, -0.2) is 28.3 Å². The largest absolute Gasteiger partial charge is 0.417 e. The van der Waals surface area contributed by atoms with E-state index in [0.717, 1.165) is 5.69 Å². The number of H-pyrrole nitrogens is 1. The Kier molecular flexibility index (Phi) is 3.59. The van der Waals surface area contributed by atoms with Crippen molar-refractivity contribution in [2.24, 2.45) is 5.92 Å². The molecule has 0 bridgehead atoms. The van der Waals surface area contributed by atoms with Gasteiger partial charge in [0.1, 0.15) is 0 Å². The standard InChI is InChI=1S/C14H14N2O4S/c1-8(17)21-7-9-4-13(18)16(6-9)10-2-3-12-11(5-10)15-14(19)20-12/h2-3,5,9H,4,6-7H2,1H3,(H,15,19). The summed E-state index contributed by atoms with van der Waals surface area (Å²) < 4.78 is 4.94. The normalized spacial score (nSPS) is 18.6. The number of amides is 1. The average Bonchev–Trinajstić information content (AvgIpc) is 2.97. The van der Waals surface area contributed by atoms with Gasteiger partial charge < -0.3 is 9.32 Å². The number of thioether (sulfide) groups is 1.